The van der Waals surface area contributed by atoms with Gasteiger partial charge in [-0.2, -0.15) is 0 Å². The van der Waals surface area contributed by atoms with Crippen LogP contribution in [-0.2, 0) is 5.41 Å². The van der Waals surface area contributed by atoms with Gasteiger partial charge in [0, 0.05) is 43.7 Å². The van der Waals surface area contributed by atoms with Gasteiger partial charge in [-0.25, -0.2) is 9.97 Å². The van der Waals surface area contributed by atoms with Crippen LogP contribution >= 0.6 is 0 Å². The van der Waals surface area contributed by atoms with E-state index in [9.17, 15) is 0 Å². The molecule has 3 heterocycles. The highest BCUT2D eigenvalue weighted by atomic mass is 14.9. The fourth-order valence-electron chi connectivity index (χ4n) is 11.4. The third kappa shape index (κ3) is 6.36. The van der Waals surface area contributed by atoms with E-state index >= 15 is 0 Å². The number of hydrogen-bond donors (Lipinski definition) is 0. The van der Waals surface area contributed by atoms with Gasteiger partial charge in [0.05, 0.1) is 27.9 Å². The summed E-state index contributed by atoms with van der Waals surface area (Å²) in [5, 5.41) is 5.15. The predicted octanol–water partition coefficient (Wildman–Crippen LogP) is 17.6. The normalized spacial score (nSPS) is 12.8. The van der Waals surface area contributed by atoms with Gasteiger partial charge in [0.15, 0.2) is 5.82 Å². The second-order valence-electron chi connectivity index (χ2n) is 19.4. The quantitative estimate of drug-likeness (QED) is 0.160. The summed E-state index contributed by atoms with van der Waals surface area (Å²) in [5.41, 5.74) is 23.4. The second-order valence-corrected chi connectivity index (χ2v) is 19.4. The number of aromatic nitrogens is 3. The van der Waals surface area contributed by atoms with Gasteiger partial charge in [-0.15, -0.1) is 0 Å². The minimum atomic E-state index is -0.147. The van der Waals surface area contributed by atoms with E-state index in [1.54, 1.807) is 0 Å². The van der Waals surface area contributed by atoms with Gasteiger partial charge >= 0.3 is 0 Å². The van der Waals surface area contributed by atoms with Gasteiger partial charge in [0.1, 0.15) is 0 Å². The molecular weight excluding hydrogens is 847 g/mol. The molecule has 13 aromatic rings. The van der Waals surface area contributed by atoms with Crippen molar-refractivity contribution in [2.45, 2.75) is 19.3 Å². The van der Waals surface area contributed by atoms with E-state index in [2.05, 4.69) is 231 Å². The van der Waals surface area contributed by atoms with Crippen LogP contribution in [0.1, 0.15) is 25.0 Å². The van der Waals surface area contributed by atoms with E-state index in [1.807, 2.05) is 24.3 Å². The van der Waals surface area contributed by atoms with Crippen molar-refractivity contribution in [3.8, 4) is 89.5 Å². The third-order valence-electron chi connectivity index (χ3n) is 14.9. The Hall–Kier alpha value is -8.92. The second kappa shape index (κ2) is 15.6. The molecule has 10 aromatic carbocycles. The highest BCUT2D eigenvalue weighted by Crippen LogP contribution is 2.51. The molecule has 0 fully saturated rings. The first kappa shape index (κ1) is 40.2. The maximum atomic E-state index is 5.19. The van der Waals surface area contributed by atoms with E-state index in [0.717, 1.165) is 33.9 Å². The van der Waals surface area contributed by atoms with Gasteiger partial charge in [-0.05, 0) is 109 Å². The van der Waals surface area contributed by atoms with E-state index < -0.39 is 0 Å². The average Bonchev–Trinajstić information content (AvgIpc) is 4.03. The third-order valence-corrected chi connectivity index (χ3v) is 14.9. The maximum Gasteiger partial charge on any atom is 0.160 e. The lowest BCUT2D eigenvalue weighted by Gasteiger charge is -2.21. The van der Waals surface area contributed by atoms with Crippen molar-refractivity contribution in [1.29, 1.82) is 0 Å². The minimum Gasteiger partial charge on any atom is -0.308 e. The highest BCUT2D eigenvalue weighted by molar-refractivity contribution is 6.23. The molecule has 0 amide bonds. The van der Waals surface area contributed by atoms with E-state index in [-0.39, 0.29) is 5.41 Å². The van der Waals surface area contributed by atoms with Gasteiger partial charge < -0.3 is 4.40 Å². The molecule has 3 nitrogen and oxygen atoms in total. The first-order valence-electron chi connectivity index (χ1n) is 24.2. The molecule has 0 saturated carbocycles. The number of fused-ring (bicyclic) bond motifs is 9. The lowest BCUT2D eigenvalue weighted by atomic mass is 9.82. The van der Waals surface area contributed by atoms with Crippen molar-refractivity contribution in [2.75, 3.05) is 0 Å². The maximum absolute atomic E-state index is 5.19. The first-order valence-corrected chi connectivity index (χ1v) is 24.2. The molecule has 1 aliphatic rings. The fourth-order valence-corrected chi connectivity index (χ4v) is 11.4. The van der Waals surface area contributed by atoms with Crippen molar-refractivity contribution in [3.05, 3.63) is 248 Å². The molecule has 1 aliphatic carbocycles. The number of rotatable bonds is 7. The molecule has 3 heteroatoms. The van der Waals surface area contributed by atoms with E-state index in [0.29, 0.717) is 0 Å². The molecule has 3 aromatic heterocycles. The summed E-state index contributed by atoms with van der Waals surface area (Å²) in [6.45, 7) is 4.69. The largest absolute Gasteiger partial charge is 0.308 e. The van der Waals surface area contributed by atoms with E-state index in [1.165, 1.54) is 105 Å². The van der Waals surface area contributed by atoms with Crippen LogP contribution in [0, 0.1) is 0 Å². The summed E-state index contributed by atoms with van der Waals surface area (Å²) >= 11 is 0. The SMILES string of the molecule is CC1(C)c2ccc(-c3cccc(-c4cccc(-c5ccc6c7cccc8c9ccc(-c%10ccccc%10)cc9n(c6c5)c87)c4)c3)cc2-c2cc(-c3cc(-c4ccccc4)nc(-c4ccccc4)n3)ccc21. The van der Waals surface area contributed by atoms with Crippen LogP contribution in [0.25, 0.3) is 128 Å². The Morgan fingerprint density at radius 3 is 1.26 bits per heavy atom. The number of nitrogens with zero attached hydrogens (tertiary/aromatic N) is 3. The van der Waals surface area contributed by atoms with Crippen LogP contribution < -0.4 is 0 Å². The van der Waals surface area contributed by atoms with Crippen LogP contribution in [-0.4, -0.2) is 14.4 Å². The lowest BCUT2D eigenvalue weighted by molar-refractivity contribution is 0.660. The van der Waals surface area contributed by atoms with Gasteiger partial charge in [-0.3, -0.25) is 0 Å². The molecule has 14 rings (SSSR count). The topological polar surface area (TPSA) is 30.2 Å². The average molecular weight is 892 g/mol. The molecule has 0 atom stereocenters. The van der Waals surface area contributed by atoms with Crippen molar-refractivity contribution in [1.82, 2.24) is 14.4 Å². The Labute approximate surface area is 407 Å². The summed E-state index contributed by atoms with van der Waals surface area (Å²) in [6.07, 6.45) is 0. The van der Waals surface area contributed by atoms with Crippen molar-refractivity contribution in [3.63, 3.8) is 0 Å². The Bertz CT molecular complexity index is 4130. The molecule has 0 N–H and O–H groups in total. The standard InChI is InChI=1S/C67H45N3/c1-67(2)59-33-29-49(37-57(59)58-38-52(30-34-60(58)67)62-41-61(43-17-8-4-9-18-43)68-66(69-62)44-19-10-5-11-20-44)47-23-12-21-45(35-47)46-22-13-24-48(36-46)51-28-32-54-56-26-14-25-55-53-31-27-50(42-15-6-3-7-16-42)39-63(53)70(65(55)56)64(54)40-51/h3-41H,1-2H3. The molecule has 70 heavy (non-hydrogen) atoms. The Morgan fingerprint density at radius 2 is 0.700 bits per heavy atom. The predicted molar refractivity (Wildman–Crippen MR) is 292 cm³/mol. The zero-order chi connectivity index (χ0) is 46.5. The van der Waals surface area contributed by atoms with Crippen molar-refractivity contribution in [2.24, 2.45) is 0 Å². The fraction of sp³-hybridized carbons (Fsp3) is 0.0448. The van der Waals surface area contributed by atoms with Crippen LogP contribution in [0.5, 0.6) is 0 Å². The first-order chi connectivity index (χ1) is 34.4. The molecule has 0 bridgehead atoms. The summed E-state index contributed by atoms with van der Waals surface area (Å²) < 4.78 is 2.50. The zero-order valence-electron chi connectivity index (χ0n) is 38.9. The van der Waals surface area contributed by atoms with Crippen LogP contribution in [0.2, 0.25) is 0 Å². The molecular formula is C67H45N3. The monoisotopic (exact) mass is 891 g/mol. The van der Waals surface area contributed by atoms with Crippen molar-refractivity contribution >= 4 is 38.1 Å². The molecule has 0 aliphatic heterocycles. The molecule has 328 valence electrons. The number of benzene rings is 10. The van der Waals surface area contributed by atoms with Crippen LogP contribution in [0.15, 0.2) is 237 Å². The smallest absolute Gasteiger partial charge is 0.160 e. The molecule has 0 saturated heterocycles. The highest BCUT2D eigenvalue weighted by Gasteiger charge is 2.36. The van der Waals surface area contributed by atoms with Crippen LogP contribution in [0.4, 0.5) is 0 Å². The summed E-state index contributed by atoms with van der Waals surface area (Å²) in [7, 11) is 0. The van der Waals surface area contributed by atoms with Gasteiger partial charge in [0.2, 0.25) is 0 Å². The Kier molecular flexibility index (Phi) is 8.93. The van der Waals surface area contributed by atoms with Gasteiger partial charge in [-0.1, -0.05) is 208 Å². The minimum absolute atomic E-state index is 0.147. The molecule has 0 radical (unpaired) electrons. The Balaban J connectivity index is 0.827. The summed E-state index contributed by atoms with van der Waals surface area (Å²) in [6, 6.07) is 86.2. The van der Waals surface area contributed by atoms with Gasteiger partial charge in [0.25, 0.3) is 0 Å². The summed E-state index contributed by atoms with van der Waals surface area (Å²) in [4.78, 5) is 10.2. The summed E-state index contributed by atoms with van der Waals surface area (Å²) in [5.74, 6) is 0.721. The van der Waals surface area contributed by atoms with Crippen LogP contribution in [0.3, 0.4) is 0 Å². The Morgan fingerprint density at radius 1 is 0.300 bits per heavy atom. The number of para-hydroxylation sites is 1. The van der Waals surface area contributed by atoms with E-state index in [4.69, 9.17) is 9.97 Å². The van der Waals surface area contributed by atoms with Crippen molar-refractivity contribution < 1.29 is 0 Å². The molecule has 0 unspecified atom stereocenters. The molecule has 0 spiro atoms. The zero-order valence-corrected chi connectivity index (χ0v) is 38.9. The lowest BCUT2D eigenvalue weighted by Crippen LogP contribution is -2.14. The number of hydrogen-bond acceptors (Lipinski definition) is 2.